The van der Waals surface area contributed by atoms with Gasteiger partial charge >= 0.3 is 5.97 Å². The van der Waals surface area contributed by atoms with Gasteiger partial charge in [-0.15, -0.1) is 0 Å². The van der Waals surface area contributed by atoms with Gasteiger partial charge in [-0.3, -0.25) is 9.59 Å². The van der Waals surface area contributed by atoms with Crippen LogP contribution in [-0.4, -0.2) is 49.8 Å². The van der Waals surface area contributed by atoms with E-state index in [0.717, 1.165) is 0 Å². The number of aliphatic carboxylic acids is 1. The fraction of sp³-hybridized carbons (Fsp3) is 0.385. The topological polar surface area (TPSA) is 104 Å². The summed E-state index contributed by atoms with van der Waals surface area (Å²) in [5.41, 5.74) is 0.362. The monoisotopic (exact) mass is 312 g/mol. The minimum atomic E-state index is -3.72. The molecule has 0 saturated carbocycles. The summed E-state index contributed by atoms with van der Waals surface area (Å²) in [6.07, 6.45) is 0.310. The zero-order valence-electron chi connectivity index (χ0n) is 11.4. The lowest BCUT2D eigenvalue weighted by molar-refractivity contribution is -0.141. The van der Waals surface area contributed by atoms with Gasteiger partial charge in [-0.1, -0.05) is 0 Å². The van der Waals surface area contributed by atoms with Crippen molar-refractivity contribution in [3.63, 3.8) is 0 Å². The SMILES string of the molecule is CNC(=O)c1ccc(S(=O)(=O)N2CC[C@@H](C(=O)O)C2)cc1. The number of hydrogen-bond acceptors (Lipinski definition) is 4. The Balaban J connectivity index is 2.21. The van der Waals surface area contributed by atoms with Crippen LogP contribution in [0.4, 0.5) is 0 Å². The highest BCUT2D eigenvalue weighted by Gasteiger charge is 2.35. The average molecular weight is 312 g/mol. The summed E-state index contributed by atoms with van der Waals surface area (Å²) < 4.78 is 25.9. The Morgan fingerprint density at radius 2 is 1.90 bits per heavy atom. The molecule has 1 aliphatic rings. The second-order valence-electron chi connectivity index (χ2n) is 4.79. The van der Waals surface area contributed by atoms with Crippen LogP contribution in [0.25, 0.3) is 0 Å². The van der Waals surface area contributed by atoms with Gasteiger partial charge < -0.3 is 10.4 Å². The molecule has 8 heteroatoms. The Kier molecular flexibility index (Phi) is 4.29. The third kappa shape index (κ3) is 3.06. The van der Waals surface area contributed by atoms with Crippen molar-refractivity contribution in [2.45, 2.75) is 11.3 Å². The van der Waals surface area contributed by atoms with Gasteiger partial charge in [-0.05, 0) is 30.7 Å². The molecule has 0 unspecified atom stereocenters. The maximum atomic E-state index is 12.4. The van der Waals surface area contributed by atoms with Crippen molar-refractivity contribution in [2.75, 3.05) is 20.1 Å². The third-order valence-corrected chi connectivity index (χ3v) is 5.36. The molecular formula is C13H16N2O5S. The number of benzene rings is 1. The maximum absolute atomic E-state index is 12.4. The summed E-state index contributed by atoms with van der Waals surface area (Å²) in [6.45, 7) is 0.172. The molecule has 0 aromatic heterocycles. The predicted octanol–water partition coefficient (Wildman–Crippen LogP) is 0.141. The number of nitrogens with one attached hydrogen (secondary N) is 1. The molecule has 0 spiro atoms. The zero-order valence-corrected chi connectivity index (χ0v) is 12.3. The molecule has 1 aliphatic heterocycles. The van der Waals surface area contributed by atoms with E-state index >= 15 is 0 Å². The van der Waals surface area contributed by atoms with E-state index in [1.165, 1.54) is 35.6 Å². The van der Waals surface area contributed by atoms with Crippen LogP contribution in [0.1, 0.15) is 16.8 Å². The number of carbonyl (C=O) groups excluding carboxylic acids is 1. The Bertz CT molecular complexity index is 654. The smallest absolute Gasteiger partial charge is 0.307 e. The highest BCUT2D eigenvalue weighted by molar-refractivity contribution is 7.89. The van der Waals surface area contributed by atoms with Crippen LogP contribution in [0.5, 0.6) is 0 Å². The van der Waals surface area contributed by atoms with Crippen LogP contribution in [0.15, 0.2) is 29.2 Å². The molecule has 1 saturated heterocycles. The fourth-order valence-corrected chi connectivity index (χ4v) is 3.72. The lowest BCUT2D eigenvalue weighted by atomic mass is 10.1. The molecule has 0 aliphatic carbocycles. The number of amides is 1. The summed E-state index contributed by atoms with van der Waals surface area (Å²) in [6, 6.07) is 5.56. The van der Waals surface area contributed by atoms with E-state index in [1.807, 2.05) is 0 Å². The quantitative estimate of drug-likeness (QED) is 0.823. The molecule has 1 heterocycles. The van der Waals surface area contributed by atoms with Gasteiger partial charge in [0, 0.05) is 25.7 Å². The van der Waals surface area contributed by atoms with Crippen LogP contribution in [0.3, 0.4) is 0 Å². The number of hydrogen-bond donors (Lipinski definition) is 2. The molecule has 1 atom stereocenters. The molecule has 0 radical (unpaired) electrons. The highest BCUT2D eigenvalue weighted by atomic mass is 32.2. The van der Waals surface area contributed by atoms with Crippen LogP contribution in [0.2, 0.25) is 0 Å². The molecule has 2 rings (SSSR count). The number of sulfonamides is 1. The Morgan fingerprint density at radius 3 is 2.38 bits per heavy atom. The zero-order chi connectivity index (χ0) is 15.6. The number of carboxylic acid groups (broad SMARTS) is 1. The number of carboxylic acids is 1. The first-order valence-electron chi connectivity index (χ1n) is 6.41. The van der Waals surface area contributed by atoms with Gasteiger partial charge in [0.1, 0.15) is 0 Å². The minimum absolute atomic E-state index is 0.0190. The van der Waals surface area contributed by atoms with Gasteiger partial charge in [0.05, 0.1) is 10.8 Å². The minimum Gasteiger partial charge on any atom is -0.481 e. The fourth-order valence-electron chi connectivity index (χ4n) is 2.22. The molecular weight excluding hydrogens is 296 g/mol. The lowest BCUT2D eigenvalue weighted by Gasteiger charge is -2.16. The molecule has 0 bridgehead atoms. The molecule has 21 heavy (non-hydrogen) atoms. The highest BCUT2D eigenvalue weighted by Crippen LogP contribution is 2.24. The van der Waals surface area contributed by atoms with E-state index in [9.17, 15) is 18.0 Å². The Labute approximate surface area is 122 Å². The van der Waals surface area contributed by atoms with E-state index in [1.54, 1.807) is 0 Å². The standard InChI is InChI=1S/C13H16N2O5S/c1-14-12(16)9-2-4-11(5-3-9)21(19,20)15-7-6-10(8-15)13(17)18/h2-5,10H,6-8H2,1H3,(H,14,16)(H,17,18)/t10-/m1/s1. The summed E-state index contributed by atoms with van der Waals surface area (Å²) in [7, 11) is -2.23. The van der Waals surface area contributed by atoms with E-state index in [0.29, 0.717) is 12.0 Å². The average Bonchev–Trinajstić information content (AvgIpc) is 2.97. The molecule has 114 valence electrons. The summed E-state index contributed by atoms with van der Waals surface area (Å²) in [4.78, 5) is 22.4. The van der Waals surface area contributed by atoms with E-state index < -0.39 is 21.9 Å². The Morgan fingerprint density at radius 1 is 1.29 bits per heavy atom. The van der Waals surface area contributed by atoms with Crippen LogP contribution in [0, 0.1) is 5.92 Å². The van der Waals surface area contributed by atoms with Crippen molar-refractivity contribution in [2.24, 2.45) is 5.92 Å². The van der Waals surface area contributed by atoms with Gasteiger partial charge in [0.2, 0.25) is 10.0 Å². The van der Waals surface area contributed by atoms with Gasteiger partial charge in [-0.25, -0.2) is 8.42 Å². The maximum Gasteiger partial charge on any atom is 0.307 e. The van der Waals surface area contributed by atoms with Crippen molar-refractivity contribution >= 4 is 21.9 Å². The summed E-state index contributed by atoms with van der Waals surface area (Å²) in [5, 5.41) is 11.4. The van der Waals surface area contributed by atoms with Crippen molar-refractivity contribution in [1.29, 1.82) is 0 Å². The number of carbonyl (C=O) groups is 2. The Hall–Kier alpha value is -1.93. The molecule has 2 N–H and O–H groups in total. The van der Waals surface area contributed by atoms with E-state index in [2.05, 4.69) is 5.32 Å². The van der Waals surface area contributed by atoms with Gasteiger partial charge in [0.25, 0.3) is 5.91 Å². The lowest BCUT2D eigenvalue weighted by Crippen LogP contribution is -2.30. The predicted molar refractivity (Wildman–Crippen MR) is 74.3 cm³/mol. The third-order valence-electron chi connectivity index (χ3n) is 3.48. The van der Waals surface area contributed by atoms with Crippen molar-refractivity contribution in [3.8, 4) is 0 Å². The molecule has 7 nitrogen and oxygen atoms in total. The second kappa shape index (κ2) is 5.82. The van der Waals surface area contributed by atoms with Crippen LogP contribution < -0.4 is 5.32 Å². The van der Waals surface area contributed by atoms with Crippen LogP contribution in [-0.2, 0) is 14.8 Å². The molecule has 1 fully saturated rings. The van der Waals surface area contributed by atoms with E-state index in [-0.39, 0.29) is 23.9 Å². The van der Waals surface area contributed by atoms with E-state index in [4.69, 9.17) is 5.11 Å². The van der Waals surface area contributed by atoms with Gasteiger partial charge in [-0.2, -0.15) is 4.31 Å². The second-order valence-corrected chi connectivity index (χ2v) is 6.73. The van der Waals surface area contributed by atoms with Gasteiger partial charge in [0.15, 0.2) is 0 Å². The molecule has 1 amide bonds. The first-order valence-corrected chi connectivity index (χ1v) is 7.85. The largest absolute Gasteiger partial charge is 0.481 e. The molecule has 1 aromatic carbocycles. The number of rotatable bonds is 4. The normalized spacial score (nSPS) is 19.4. The summed E-state index contributed by atoms with van der Waals surface area (Å²) in [5.74, 6) is -1.95. The summed E-state index contributed by atoms with van der Waals surface area (Å²) >= 11 is 0. The van der Waals surface area contributed by atoms with Crippen LogP contribution >= 0.6 is 0 Å². The molecule has 1 aromatic rings. The van der Waals surface area contributed by atoms with Crippen molar-refractivity contribution in [1.82, 2.24) is 9.62 Å². The van der Waals surface area contributed by atoms with Crippen molar-refractivity contribution in [3.05, 3.63) is 29.8 Å². The first kappa shape index (κ1) is 15.5. The first-order chi connectivity index (χ1) is 9.86. The number of nitrogens with zero attached hydrogens (tertiary/aromatic N) is 1. The van der Waals surface area contributed by atoms with Crippen molar-refractivity contribution < 1.29 is 23.1 Å².